The monoisotopic (exact) mass is 175 g/mol. The van der Waals surface area contributed by atoms with Gasteiger partial charge in [-0.2, -0.15) is 5.26 Å². The van der Waals surface area contributed by atoms with Crippen LogP contribution in [0.4, 0.5) is 0 Å². The highest BCUT2D eigenvalue weighted by Crippen LogP contribution is 2.09. The lowest BCUT2D eigenvalue weighted by Crippen LogP contribution is -1.74. The predicted molar refractivity (Wildman–Crippen MR) is 53.8 cm³/mol. The molecule has 0 aromatic heterocycles. The Labute approximate surface area is 77.7 Å². The summed E-state index contributed by atoms with van der Waals surface area (Å²) in [7, 11) is 0. The number of allylic oxidation sites excluding steroid dienone is 1. The fourth-order valence-electron chi connectivity index (χ4n) is 0.853. The molecule has 2 heteroatoms. The summed E-state index contributed by atoms with van der Waals surface area (Å²) < 4.78 is 0. The minimum absolute atomic E-state index is 0.429. The van der Waals surface area contributed by atoms with Crippen LogP contribution in [-0.2, 0) is 0 Å². The lowest BCUT2D eigenvalue weighted by Gasteiger charge is -1.93. The summed E-state index contributed by atoms with van der Waals surface area (Å²) in [4.78, 5) is 0.429. The van der Waals surface area contributed by atoms with Crippen LogP contribution in [0.3, 0.4) is 0 Å². The molecule has 0 heterocycles. The van der Waals surface area contributed by atoms with Crippen molar-refractivity contribution in [2.75, 3.05) is 0 Å². The molecule has 1 nitrogen and oxygen atoms in total. The number of nitrogens with zero attached hydrogens (tertiary/aromatic N) is 1. The van der Waals surface area contributed by atoms with Crippen LogP contribution in [0.5, 0.6) is 0 Å². The zero-order valence-corrected chi connectivity index (χ0v) is 7.68. The quantitative estimate of drug-likeness (QED) is 0.515. The van der Waals surface area contributed by atoms with Crippen LogP contribution in [0.1, 0.15) is 11.1 Å². The standard InChI is InChI=1S/C10H9NS/c1-8-2-4-9(5-3-8)6-10(12)7-11/h2-6,12H,1H3/b10-6-. The van der Waals surface area contributed by atoms with Gasteiger partial charge < -0.3 is 0 Å². The van der Waals surface area contributed by atoms with Crippen LogP contribution in [0.15, 0.2) is 29.2 Å². The molecular formula is C10H9NS. The molecule has 0 spiro atoms. The van der Waals surface area contributed by atoms with E-state index in [9.17, 15) is 0 Å². The first-order valence-corrected chi connectivity index (χ1v) is 4.04. The van der Waals surface area contributed by atoms with E-state index in [1.54, 1.807) is 6.08 Å². The van der Waals surface area contributed by atoms with Crippen LogP contribution >= 0.6 is 12.6 Å². The van der Waals surface area contributed by atoms with Gasteiger partial charge >= 0.3 is 0 Å². The van der Waals surface area contributed by atoms with Gasteiger partial charge in [0.05, 0.1) is 4.91 Å². The molecule has 0 atom stereocenters. The fraction of sp³-hybridized carbons (Fsp3) is 0.100. The first-order chi connectivity index (χ1) is 5.72. The zero-order chi connectivity index (χ0) is 8.97. The van der Waals surface area contributed by atoms with Crippen molar-refractivity contribution in [2.45, 2.75) is 6.92 Å². The number of rotatable bonds is 1. The van der Waals surface area contributed by atoms with Crippen molar-refractivity contribution in [1.82, 2.24) is 0 Å². The van der Waals surface area contributed by atoms with Gasteiger partial charge in [0.1, 0.15) is 6.07 Å². The molecule has 1 rings (SSSR count). The lowest BCUT2D eigenvalue weighted by atomic mass is 10.1. The number of nitriles is 1. The summed E-state index contributed by atoms with van der Waals surface area (Å²) in [5.74, 6) is 0. The molecule has 0 aliphatic heterocycles. The Balaban J connectivity index is 2.93. The lowest BCUT2D eigenvalue weighted by molar-refractivity contribution is 1.46. The zero-order valence-electron chi connectivity index (χ0n) is 6.78. The minimum atomic E-state index is 0.429. The summed E-state index contributed by atoms with van der Waals surface area (Å²) in [6.45, 7) is 2.03. The summed E-state index contributed by atoms with van der Waals surface area (Å²) in [5.41, 5.74) is 2.22. The summed E-state index contributed by atoms with van der Waals surface area (Å²) >= 11 is 3.97. The highest BCUT2D eigenvalue weighted by molar-refractivity contribution is 7.85. The third-order valence-electron chi connectivity index (χ3n) is 1.50. The van der Waals surface area contributed by atoms with Crippen LogP contribution < -0.4 is 0 Å². The Bertz CT molecular complexity index is 330. The molecule has 0 N–H and O–H groups in total. The van der Waals surface area contributed by atoms with Crippen molar-refractivity contribution in [2.24, 2.45) is 0 Å². The van der Waals surface area contributed by atoms with Gasteiger partial charge in [0.15, 0.2) is 0 Å². The second kappa shape index (κ2) is 3.99. The predicted octanol–water partition coefficient (Wildman–Crippen LogP) is 2.79. The third-order valence-corrected chi connectivity index (χ3v) is 1.72. The Kier molecular flexibility index (Phi) is 2.95. The Morgan fingerprint density at radius 2 is 2.00 bits per heavy atom. The normalized spacial score (nSPS) is 10.9. The first-order valence-electron chi connectivity index (χ1n) is 3.60. The highest BCUT2D eigenvalue weighted by Gasteiger charge is 1.89. The molecule has 0 unspecified atom stereocenters. The molecule has 0 fully saturated rings. The van der Waals surface area contributed by atoms with Crippen LogP contribution in [0, 0.1) is 18.3 Å². The van der Waals surface area contributed by atoms with E-state index in [2.05, 4.69) is 12.6 Å². The summed E-state index contributed by atoms with van der Waals surface area (Å²) in [5, 5.41) is 8.46. The average Bonchev–Trinajstić information content (AvgIpc) is 2.09. The van der Waals surface area contributed by atoms with Crippen molar-refractivity contribution < 1.29 is 0 Å². The summed E-state index contributed by atoms with van der Waals surface area (Å²) in [6.07, 6.45) is 1.74. The molecule has 0 saturated heterocycles. The topological polar surface area (TPSA) is 23.8 Å². The van der Waals surface area contributed by atoms with E-state index in [4.69, 9.17) is 5.26 Å². The molecule has 0 aliphatic carbocycles. The number of benzene rings is 1. The SMILES string of the molecule is Cc1ccc(/C=C(\S)C#N)cc1. The number of thiol groups is 1. The molecular weight excluding hydrogens is 166 g/mol. The van der Waals surface area contributed by atoms with E-state index in [1.165, 1.54) is 5.56 Å². The van der Waals surface area contributed by atoms with E-state index in [0.29, 0.717) is 4.91 Å². The second-order valence-corrected chi connectivity index (χ2v) is 3.03. The fourth-order valence-corrected chi connectivity index (χ4v) is 1.00. The molecule has 0 bridgehead atoms. The number of aryl methyl sites for hydroxylation is 1. The average molecular weight is 175 g/mol. The van der Waals surface area contributed by atoms with Crippen molar-refractivity contribution in [3.8, 4) is 6.07 Å². The molecule has 0 radical (unpaired) electrons. The molecule has 1 aromatic rings. The van der Waals surface area contributed by atoms with E-state index >= 15 is 0 Å². The third kappa shape index (κ3) is 2.44. The van der Waals surface area contributed by atoms with Gasteiger partial charge in [0.2, 0.25) is 0 Å². The summed E-state index contributed by atoms with van der Waals surface area (Å²) in [6, 6.07) is 9.88. The molecule has 60 valence electrons. The Morgan fingerprint density at radius 1 is 1.42 bits per heavy atom. The van der Waals surface area contributed by atoms with Crippen molar-refractivity contribution in [3.05, 3.63) is 40.3 Å². The molecule has 0 saturated carbocycles. The largest absolute Gasteiger partial charge is 0.192 e. The maximum atomic E-state index is 8.46. The van der Waals surface area contributed by atoms with Crippen molar-refractivity contribution >= 4 is 18.7 Å². The van der Waals surface area contributed by atoms with Gasteiger partial charge in [-0.05, 0) is 18.6 Å². The Hall–Kier alpha value is -1.20. The molecule has 1 aromatic carbocycles. The van der Waals surface area contributed by atoms with Crippen molar-refractivity contribution in [1.29, 1.82) is 5.26 Å². The smallest absolute Gasteiger partial charge is 0.106 e. The van der Waals surface area contributed by atoms with Crippen LogP contribution in [0.25, 0.3) is 6.08 Å². The van der Waals surface area contributed by atoms with Crippen LogP contribution in [0.2, 0.25) is 0 Å². The second-order valence-electron chi connectivity index (χ2n) is 2.55. The van der Waals surface area contributed by atoms with Gasteiger partial charge in [0.25, 0.3) is 0 Å². The maximum absolute atomic E-state index is 8.46. The van der Waals surface area contributed by atoms with E-state index < -0.39 is 0 Å². The van der Waals surface area contributed by atoms with E-state index in [0.717, 1.165) is 5.56 Å². The van der Waals surface area contributed by atoms with E-state index in [1.807, 2.05) is 37.3 Å². The number of hydrogen-bond acceptors (Lipinski definition) is 2. The van der Waals surface area contributed by atoms with Crippen molar-refractivity contribution in [3.63, 3.8) is 0 Å². The Morgan fingerprint density at radius 3 is 2.50 bits per heavy atom. The van der Waals surface area contributed by atoms with Gasteiger partial charge in [-0.3, -0.25) is 0 Å². The molecule has 12 heavy (non-hydrogen) atoms. The van der Waals surface area contributed by atoms with E-state index in [-0.39, 0.29) is 0 Å². The van der Waals surface area contributed by atoms with Gasteiger partial charge in [0, 0.05) is 0 Å². The van der Waals surface area contributed by atoms with Gasteiger partial charge in [-0.1, -0.05) is 29.8 Å². The molecule has 0 aliphatic rings. The maximum Gasteiger partial charge on any atom is 0.106 e. The first kappa shape index (κ1) is 8.89. The molecule has 0 amide bonds. The van der Waals surface area contributed by atoms with Crippen LogP contribution in [-0.4, -0.2) is 0 Å². The van der Waals surface area contributed by atoms with Gasteiger partial charge in [-0.25, -0.2) is 0 Å². The number of hydrogen-bond donors (Lipinski definition) is 1. The van der Waals surface area contributed by atoms with Gasteiger partial charge in [-0.15, -0.1) is 12.6 Å². The highest BCUT2D eigenvalue weighted by atomic mass is 32.1. The minimum Gasteiger partial charge on any atom is -0.192 e.